The zero-order valence-corrected chi connectivity index (χ0v) is 9.47. The molecule has 1 nitrogen and oxygen atoms in total. The van der Waals surface area contributed by atoms with Gasteiger partial charge in [-0.3, -0.25) is 0 Å². The van der Waals surface area contributed by atoms with Crippen LogP contribution in [-0.2, 0) is 0 Å². The molecule has 0 aromatic rings. The van der Waals surface area contributed by atoms with E-state index in [0.29, 0.717) is 5.92 Å². The van der Waals surface area contributed by atoms with Crippen LogP contribution < -0.4 is 0 Å². The van der Waals surface area contributed by atoms with Crippen molar-refractivity contribution in [2.45, 2.75) is 64.4 Å². The fourth-order valence-electron chi connectivity index (χ4n) is 2.40. The Balaban J connectivity index is 2.34. The van der Waals surface area contributed by atoms with Crippen molar-refractivity contribution in [2.75, 3.05) is 0 Å². The van der Waals surface area contributed by atoms with Crippen LogP contribution in [0.25, 0.3) is 0 Å². The summed E-state index contributed by atoms with van der Waals surface area (Å²) in [5.74, 6) is 0.534. The van der Waals surface area contributed by atoms with Gasteiger partial charge in [0.1, 0.15) is 0 Å². The van der Waals surface area contributed by atoms with Crippen molar-refractivity contribution in [2.24, 2.45) is 5.92 Å². The molecule has 0 saturated heterocycles. The second-order valence-corrected chi connectivity index (χ2v) is 4.83. The van der Waals surface area contributed by atoms with Crippen LogP contribution in [0.1, 0.15) is 58.3 Å². The van der Waals surface area contributed by atoms with Crippen molar-refractivity contribution < 1.29 is 5.11 Å². The minimum absolute atomic E-state index is 0.134. The zero-order chi connectivity index (χ0) is 10.4. The Bertz CT molecular complexity index is 166. The van der Waals surface area contributed by atoms with E-state index < -0.39 is 0 Å². The number of hydrogen-bond donors (Lipinski definition) is 1. The Hall–Kier alpha value is -0.300. The Labute approximate surface area is 88.2 Å². The third kappa shape index (κ3) is 4.28. The number of aliphatic hydroxyl groups excluding tert-OH is 1. The molecule has 0 bridgehead atoms. The number of rotatable bonds is 3. The van der Waals surface area contributed by atoms with Gasteiger partial charge < -0.3 is 5.11 Å². The lowest BCUT2D eigenvalue weighted by Gasteiger charge is -2.24. The molecule has 1 unspecified atom stereocenters. The maximum absolute atomic E-state index is 10.0. The minimum atomic E-state index is -0.134. The molecule has 1 aliphatic carbocycles. The molecule has 1 N–H and O–H groups in total. The zero-order valence-electron chi connectivity index (χ0n) is 9.47. The number of aliphatic hydroxyl groups is 1. The molecule has 0 spiro atoms. The van der Waals surface area contributed by atoms with E-state index in [4.69, 9.17) is 0 Å². The molecule has 0 aliphatic heterocycles. The van der Waals surface area contributed by atoms with Gasteiger partial charge in [0, 0.05) is 0 Å². The molecule has 1 fully saturated rings. The molecule has 0 aromatic carbocycles. The summed E-state index contributed by atoms with van der Waals surface area (Å²) in [6, 6.07) is 0. The summed E-state index contributed by atoms with van der Waals surface area (Å²) in [6.45, 7) is 5.88. The van der Waals surface area contributed by atoms with Crippen LogP contribution in [0.5, 0.6) is 0 Å². The van der Waals surface area contributed by atoms with Gasteiger partial charge in [-0.2, -0.15) is 0 Å². The van der Waals surface area contributed by atoms with Gasteiger partial charge in [0.25, 0.3) is 0 Å². The largest absolute Gasteiger partial charge is 0.393 e. The summed E-state index contributed by atoms with van der Waals surface area (Å²) >= 11 is 0. The molecule has 82 valence electrons. The monoisotopic (exact) mass is 196 g/mol. The summed E-state index contributed by atoms with van der Waals surface area (Å²) in [5.41, 5.74) is 1.11. The third-order valence-corrected chi connectivity index (χ3v) is 3.25. The van der Waals surface area contributed by atoms with Crippen LogP contribution in [0.15, 0.2) is 12.2 Å². The Morgan fingerprint density at radius 2 is 1.71 bits per heavy atom. The lowest BCUT2D eigenvalue weighted by atomic mass is 9.85. The van der Waals surface area contributed by atoms with E-state index in [1.165, 1.54) is 44.9 Å². The van der Waals surface area contributed by atoms with Crippen molar-refractivity contribution in [3.63, 3.8) is 0 Å². The second kappa shape index (κ2) is 6.23. The second-order valence-electron chi connectivity index (χ2n) is 4.83. The van der Waals surface area contributed by atoms with Crippen molar-refractivity contribution in [3.05, 3.63) is 12.2 Å². The molecular weight excluding hydrogens is 172 g/mol. The van der Waals surface area contributed by atoms with Gasteiger partial charge in [-0.1, -0.05) is 37.7 Å². The van der Waals surface area contributed by atoms with Crippen molar-refractivity contribution >= 4 is 0 Å². The number of hydrogen-bond acceptors (Lipinski definition) is 1. The van der Waals surface area contributed by atoms with Gasteiger partial charge in [0.15, 0.2) is 0 Å². The highest BCUT2D eigenvalue weighted by Gasteiger charge is 2.19. The molecule has 0 amide bonds. The summed E-state index contributed by atoms with van der Waals surface area (Å²) in [6.07, 6.45) is 9.81. The van der Waals surface area contributed by atoms with E-state index in [1.807, 2.05) is 6.92 Å². The maximum atomic E-state index is 10.0. The van der Waals surface area contributed by atoms with Crippen LogP contribution in [0.2, 0.25) is 0 Å². The van der Waals surface area contributed by atoms with Crippen LogP contribution in [0.4, 0.5) is 0 Å². The van der Waals surface area contributed by atoms with Crippen molar-refractivity contribution in [1.82, 2.24) is 0 Å². The van der Waals surface area contributed by atoms with Crippen LogP contribution in [-0.4, -0.2) is 11.2 Å². The van der Waals surface area contributed by atoms with Gasteiger partial charge in [-0.05, 0) is 32.1 Å². The van der Waals surface area contributed by atoms with E-state index in [1.54, 1.807) is 0 Å². The normalized spacial score (nSPS) is 22.4. The Morgan fingerprint density at radius 3 is 2.21 bits per heavy atom. The van der Waals surface area contributed by atoms with Crippen LogP contribution in [0.3, 0.4) is 0 Å². The van der Waals surface area contributed by atoms with Gasteiger partial charge >= 0.3 is 0 Å². The summed E-state index contributed by atoms with van der Waals surface area (Å²) in [5, 5.41) is 10.0. The minimum Gasteiger partial charge on any atom is -0.393 e. The quantitative estimate of drug-likeness (QED) is 0.683. The van der Waals surface area contributed by atoms with E-state index >= 15 is 0 Å². The van der Waals surface area contributed by atoms with Crippen molar-refractivity contribution in [1.29, 1.82) is 0 Å². The standard InChI is InChI=1S/C13H24O/c1-11(2)10-13(14)12-8-6-4-3-5-7-9-12/h12-14H,1,3-10H2,2H3. The lowest BCUT2D eigenvalue weighted by Crippen LogP contribution is -2.21. The van der Waals surface area contributed by atoms with E-state index in [0.717, 1.165) is 12.0 Å². The summed E-state index contributed by atoms with van der Waals surface area (Å²) < 4.78 is 0. The molecular formula is C13H24O. The van der Waals surface area contributed by atoms with Gasteiger partial charge in [0.05, 0.1) is 6.10 Å². The fraction of sp³-hybridized carbons (Fsp3) is 0.846. The van der Waals surface area contributed by atoms with Gasteiger partial charge in [-0.25, -0.2) is 0 Å². The lowest BCUT2D eigenvalue weighted by molar-refractivity contribution is 0.0914. The SMILES string of the molecule is C=C(C)CC(O)C1CCCCCCC1. The Kier molecular flexibility index (Phi) is 5.24. The molecule has 1 rings (SSSR count). The fourth-order valence-corrected chi connectivity index (χ4v) is 2.40. The maximum Gasteiger partial charge on any atom is 0.0605 e. The Morgan fingerprint density at radius 1 is 1.21 bits per heavy atom. The first-order chi connectivity index (χ1) is 6.70. The van der Waals surface area contributed by atoms with E-state index in [2.05, 4.69) is 6.58 Å². The molecule has 14 heavy (non-hydrogen) atoms. The van der Waals surface area contributed by atoms with Crippen LogP contribution in [0, 0.1) is 5.92 Å². The third-order valence-electron chi connectivity index (χ3n) is 3.25. The predicted octanol–water partition coefficient (Wildman–Crippen LogP) is 3.67. The highest BCUT2D eigenvalue weighted by Crippen LogP contribution is 2.27. The van der Waals surface area contributed by atoms with Gasteiger partial charge in [-0.15, -0.1) is 6.58 Å². The topological polar surface area (TPSA) is 20.2 Å². The molecule has 0 aromatic heterocycles. The summed E-state index contributed by atoms with van der Waals surface area (Å²) in [7, 11) is 0. The first kappa shape index (κ1) is 11.8. The average molecular weight is 196 g/mol. The molecule has 0 radical (unpaired) electrons. The molecule has 1 saturated carbocycles. The predicted molar refractivity (Wildman–Crippen MR) is 61.2 cm³/mol. The molecule has 1 heteroatoms. The highest BCUT2D eigenvalue weighted by molar-refractivity contribution is 4.92. The smallest absolute Gasteiger partial charge is 0.0605 e. The van der Waals surface area contributed by atoms with Crippen molar-refractivity contribution in [3.8, 4) is 0 Å². The first-order valence-corrected chi connectivity index (χ1v) is 6.02. The van der Waals surface area contributed by atoms with E-state index in [-0.39, 0.29) is 6.10 Å². The molecule has 1 atom stereocenters. The molecule has 1 aliphatic rings. The first-order valence-electron chi connectivity index (χ1n) is 6.02. The average Bonchev–Trinajstić information content (AvgIpc) is 2.00. The van der Waals surface area contributed by atoms with Gasteiger partial charge in [0.2, 0.25) is 0 Å². The van der Waals surface area contributed by atoms with E-state index in [9.17, 15) is 5.11 Å². The molecule has 0 heterocycles. The summed E-state index contributed by atoms with van der Waals surface area (Å²) in [4.78, 5) is 0. The van der Waals surface area contributed by atoms with Crippen LogP contribution >= 0.6 is 0 Å². The highest BCUT2D eigenvalue weighted by atomic mass is 16.3.